The van der Waals surface area contributed by atoms with Crippen molar-refractivity contribution in [1.82, 2.24) is 10.6 Å². The van der Waals surface area contributed by atoms with E-state index in [2.05, 4.69) is 10.6 Å². The van der Waals surface area contributed by atoms with Crippen molar-refractivity contribution in [2.24, 2.45) is 0 Å². The third-order valence-electron chi connectivity index (χ3n) is 4.64. The monoisotopic (exact) mass is 420 g/mol. The first-order valence-corrected chi connectivity index (χ1v) is 10.3. The van der Waals surface area contributed by atoms with Gasteiger partial charge in [-0.1, -0.05) is 18.2 Å². The topological polar surface area (TPSA) is 67.4 Å². The van der Waals surface area contributed by atoms with Crippen molar-refractivity contribution in [1.29, 1.82) is 0 Å². The summed E-state index contributed by atoms with van der Waals surface area (Å²) in [4.78, 5) is 26.0. The number of rotatable bonds is 7. The number of ether oxygens (including phenoxy) is 1. The van der Waals surface area contributed by atoms with E-state index in [0.717, 1.165) is 42.2 Å². The summed E-state index contributed by atoms with van der Waals surface area (Å²) in [6, 6.07) is 9.03. The van der Waals surface area contributed by atoms with E-state index in [0.29, 0.717) is 5.56 Å². The molecule has 0 radical (unpaired) electrons. The fraction of sp³-hybridized carbons (Fsp3) is 0.333. The molecule has 1 aliphatic heterocycles. The molecule has 2 atom stereocenters. The van der Waals surface area contributed by atoms with Crippen LogP contribution in [-0.2, 0) is 9.53 Å². The number of halogens is 2. The number of carbonyl (C=O) groups is 2. The van der Waals surface area contributed by atoms with Gasteiger partial charge in [0.05, 0.1) is 11.7 Å². The van der Waals surface area contributed by atoms with E-state index >= 15 is 0 Å². The number of thioether (sulfide) groups is 1. The minimum atomic E-state index is -1.15. The lowest BCUT2D eigenvalue weighted by Crippen LogP contribution is -2.39. The number of hydrogen-bond acceptors (Lipinski definition) is 4. The van der Waals surface area contributed by atoms with Crippen LogP contribution >= 0.6 is 11.8 Å². The second kappa shape index (κ2) is 9.84. The highest BCUT2D eigenvalue weighted by atomic mass is 32.2. The highest BCUT2D eigenvalue weighted by Crippen LogP contribution is 2.27. The molecule has 1 heterocycles. The quantitative estimate of drug-likeness (QED) is 0.674. The maximum Gasteiger partial charge on any atom is 0.253 e. The summed E-state index contributed by atoms with van der Waals surface area (Å²) in [6.07, 6.45) is 2.20. The highest BCUT2D eigenvalue weighted by Gasteiger charge is 2.25. The Bertz CT molecular complexity index is 888. The van der Waals surface area contributed by atoms with Crippen LogP contribution in [0.15, 0.2) is 47.4 Å². The molecule has 154 valence electrons. The maximum absolute atomic E-state index is 13.6. The van der Waals surface area contributed by atoms with Gasteiger partial charge in [-0.25, -0.2) is 8.78 Å². The summed E-state index contributed by atoms with van der Waals surface area (Å²) < 4.78 is 32.5. The first kappa shape index (κ1) is 21.3. The van der Waals surface area contributed by atoms with Gasteiger partial charge in [-0.3, -0.25) is 9.59 Å². The lowest BCUT2D eigenvalue weighted by atomic mass is 10.0. The number of benzene rings is 2. The van der Waals surface area contributed by atoms with Gasteiger partial charge in [-0.05, 0) is 42.7 Å². The molecule has 0 bridgehead atoms. The number of hydrogen-bond donors (Lipinski definition) is 2. The van der Waals surface area contributed by atoms with Crippen LogP contribution in [0.5, 0.6) is 0 Å². The van der Waals surface area contributed by atoms with E-state index < -0.39 is 29.5 Å². The Morgan fingerprint density at radius 3 is 2.69 bits per heavy atom. The summed E-state index contributed by atoms with van der Waals surface area (Å²) in [5.74, 6) is -2.39. The molecule has 2 aromatic carbocycles. The molecule has 1 fully saturated rings. The van der Waals surface area contributed by atoms with Gasteiger partial charge in [-0.15, -0.1) is 11.8 Å². The highest BCUT2D eigenvalue weighted by molar-refractivity contribution is 7.99. The molecule has 2 amide bonds. The van der Waals surface area contributed by atoms with Gasteiger partial charge in [0.2, 0.25) is 5.91 Å². The maximum atomic E-state index is 13.6. The van der Waals surface area contributed by atoms with Crippen LogP contribution in [0.3, 0.4) is 0 Å². The number of likely N-dealkylation sites (N-methyl/N-ethyl adjacent to an activating group) is 1. The van der Waals surface area contributed by atoms with Gasteiger partial charge in [0, 0.05) is 24.3 Å². The van der Waals surface area contributed by atoms with Crippen molar-refractivity contribution >= 4 is 23.6 Å². The van der Waals surface area contributed by atoms with Crippen molar-refractivity contribution in [2.45, 2.75) is 29.9 Å². The number of amides is 2. The summed E-state index contributed by atoms with van der Waals surface area (Å²) in [7, 11) is 1.41. The van der Waals surface area contributed by atoms with E-state index in [1.165, 1.54) is 24.9 Å². The average molecular weight is 420 g/mol. The lowest BCUT2D eigenvalue weighted by molar-refractivity contribution is -0.122. The predicted octanol–water partition coefficient (Wildman–Crippen LogP) is 3.45. The molecule has 1 aliphatic rings. The molecule has 0 spiro atoms. The van der Waals surface area contributed by atoms with Crippen LogP contribution in [0.25, 0.3) is 0 Å². The Labute approximate surface area is 172 Å². The normalized spacial score (nSPS) is 17.0. The van der Waals surface area contributed by atoms with Crippen LogP contribution in [0.1, 0.15) is 34.8 Å². The van der Waals surface area contributed by atoms with Gasteiger partial charge in [0.1, 0.15) is 6.04 Å². The van der Waals surface area contributed by atoms with Crippen LogP contribution < -0.4 is 10.6 Å². The molecule has 0 aliphatic carbocycles. The minimum absolute atomic E-state index is 0.154. The fourth-order valence-corrected chi connectivity index (χ4v) is 4.20. The van der Waals surface area contributed by atoms with Gasteiger partial charge in [0.25, 0.3) is 5.91 Å². The molecular weight excluding hydrogens is 398 g/mol. The number of carbonyl (C=O) groups excluding carboxylic acids is 2. The molecule has 0 aromatic heterocycles. The zero-order valence-corrected chi connectivity index (χ0v) is 16.7. The number of nitrogens with one attached hydrogen (secondary N) is 2. The Morgan fingerprint density at radius 1 is 1.21 bits per heavy atom. The van der Waals surface area contributed by atoms with Crippen molar-refractivity contribution in [3.8, 4) is 0 Å². The van der Waals surface area contributed by atoms with Crippen molar-refractivity contribution < 1.29 is 23.1 Å². The molecule has 2 unspecified atom stereocenters. The zero-order valence-electron chi connectivity index (χ0n) is 15.9. The smallest absolute Gasteiger partial charge is 0.253 e. The molecular formula is C21H22F2N2O3S. The molecule has 1 saturated heterocycles. The second-order valence-electron chi connectivity index (χ2n) is 6.64. The first-order chi connectivity index (χ1) is 14.0. The zero-order chi connectivity index (χ0) is 20.8. The molecule has 5 nitrogen and oxygen atoms in total. The van der Waals surface area contributed by atoms with Crippen molar-refractivity contribution in [2.75, 3.05) is 19.4 Å². The van der Waals surface area contributed by atoms with Crippen molar-refractivity contribution in [3.63, 3.8) is 0 Å². The summed E-state index contributed by atoms with van der Waals surface area (Å²) >= 11 is 1.52. The predicted molar refractivity (Wildman–Crippen MR) is 107 cm³/mol. The Balaban J connectivity index is 1.78. The van der Waals surface area contributed by atoms with Gasteiger partial charge in [-0.2, -0.15) is 0 Å². The third-order valence-corrected chi connectivity index (χ3v) is 5.85. The van der Waals surface area contributed by atoms with Gasteiger partial charge in [0.15, 0.2) is 11.6 Å². The third kappa shape index (κ3) is 5.33. The lowest BCUT2D eigenvalue weighted by Gasteiger charge is -2.19. The largest absolute Gasteiger partial charge is 0.377 e. The van der Waals surface area contributed by atoms with E-state index in [1.807, 2.05) is 12.1 Å². The molecule has 2 aromatic rings. The van der Waals surface area contributed by atoms with E-state index in [-0.39, 0.29) is 11.7 Å². The van der Waals surface area contributed by atoms with E-state index in [1.54, 1.807) is 12.1 Å². The van der Waals surface area contributed by atoms with Crippen LogP contribution in [0, 0.1) is 11.6 Å². The molecule has 29 heavy (non-hydrogen) atoms. The molecule has 0 saturated carbocycles. The standard InChI is InChI=1S/C21H22F2N2O3S/c1-24-21(27)19(13-8-9-16(22)17(23)11-13)25-20(26)15-6-2-3-7-18(15)29-12-14-5-4-10-28-14/h2-3,6-9,11,14,19H,4-5,10,12H2,1H3,(H,24,27)(H,25,26). The van der Waals surface area contributed by atoms with Crippen molar-refractivity contribution in [3.05, 3.63) is 65.2 Å². The molecule has 8 heteroatoms. The van der Waals surface area contributed by atoms with E-state index in [4.69, 9.17) is 4.74 Å². The first-order valence-electron chi connectivity index (χ1n) is 9.30. The van der Waals surface area contributed by atoms with Crippen LogP contribution in [0.2, 0.25) is 0 Å². The van der Waals surface area contributed by atoms with E-state index in [9.17, 15) is 18.4 Å². The Kier molecular flexibility index (Phi) is 7.22. The van der Waals surface area contributed by atoms with Gasteiger partial charge < -0.3 is 15.4 Å². The van der Waals surface area contributed by atoms with Crippen LogP contribution in [-0.4, -0.2) is 37.3 Å². The SMILES string of the molecule is CNC(=O)C(NC(=O)c1ccccc1SCC1CCCO1)c1ccc(F)c(F)c1. The fourth-order valence-electron chi connectivity index (χ4n) is 3.08. The molecule has 3 rings (SSSR count). The molecule has 2 N–H and O–H groups in total. The Hall–Kier alpha value is -2.45. The summed E-state index contributed by atoms with van der Waals surface area (Å²) in [5, 5.41) is 5.07. The summed E-state index contributed by atoms with van der Waals surface area (Å²) in [5.41, 5.74) is 0.563. The van der Waals surface area contributed by atoms with Gasteiger partial charge >= 0.3 is 0 Å². The average Bonchev–Trinajstić information content (AvgIpc) is 3.26. The van der Waals surface area contributed by atoms with Crippen LogP contribution in [0.4, 0.5) is 8.78 Å². The summed E-state index contributed by atoms with van der Waals surface area (Å²) in [6.45, 7) is 0.759. The second-order valence-corrected chi connectivity index (χ2v) is 7.70. The Morgan fingerprint density at radius 2 is 2.00 bits per heavy atom. The minimum Gasteiger partial charge on any atom is -0.377 e.